The molecule has 1 aromatic rings. The lowest BCUT2D eigenvalue weighted by atomic mass is 10.1. The van der Waals surface area contributed by atoms with Gasteiger partial charge in [-0.05, 0) is 53.7 Å². The summed E-state index contributed by atoms with van der Waals surface area (Å²) in [4.78, 5) is 28.4. The smallest absolute Gasteiger partial charge is 0.408 e. The monoisotopic (exact) mass is 308 g/mol. The van der Waals surface area contributed by atoms with Crippen LogP contribution in [0.1, 0.15) is 53.3 Å². The Hall–Kier alpha value is -2.11. The van der Waals surface area contributed by atoms with Crippen molar-refractivity contribution >= 4 is 12.1 Å². The van der Waals surface area contributed by atoms with E-state index in [9.17, 15) is 9.59 Å². The number of amides is 1. The third kappa shape index (κ3) is 6.56. The Morgan fingerprint density at radius 3 is 2.09 bits per heavy atom. The van der Waals surface area contributed by atoms with E-state index < -0.39 is 29.3 Å². The van der Waals surface area contributed by atoms with Gasteiger partial charge in [0, 0.05) is 6.20 Å². The summed E-state index contributed by atoms with van der Waals surface area (Å²) in [7, 11) is 0. The highest BCUT2D eigenvalue weighted by Gasteiger charge is 2.30. The molecule has 1 atom stereocenters. The van der Waals surface area contributed by atoms with E-state index in [1.807, 2.05) is 0 Å². The molecule has 0 aliphatic carbocycles. The number of esters is 1. The quantitative estimate of drug-likeness (QED) is 0.869. The molecule has 122 valence electrons. The predicted octanol–water partition coefficient (Wildman–Crippen LogP) is 2.99. The van der Waals surface area contributed by atoms with Gasteiger partial charge >= 0.3 is 12.1 Å². The van der Waals surface area contributed by atoms with Crippen LogP contribution in [-0.2, 0) is 14.3 Å². The minimum absolute atomic E-state index is 0.391. The Bertz CT molecular complexity index is 515. The fraction of sp³-hybridized carbons (Fsp3) is 0.562. The third-order valence-corrected chi connectivity index (χ3v) is 2.29. The molecule has 1 heterocycles. The van der Waals surface area contributed by atoms with Crippen LogP contribution in [-0.4, -0.2) is 28.2 Å². The lowest BCUT2D eigenvalue weighted by molar-refractivity contribution is -0.157. The second kappa shape index (κ2) is 6.77. The first-order chi connectivity index (χ1) is 9.98. The van der Waals surface area contributed by atoms with E-state index in [2.05, 4.69) is 10.3 Å². The minimum atomic E-state index is -1.02. The summed E-state index contributed by atoms with van der Waals surface area (Å²) in [5, 5.41) is 2.51. The third-order valence-electron chi connectivity index (χ3n) is 2.29. The SMILES string of the molecule is CC(C)(C)OC(=O)NC(C(=O)OC(C)(C)C)c1ccccn1. The van der Waals surface area contributed by atoms with E-state index in [-0.39, 0.29) is 0 Å². The molecule has 0 fully saturated rings. The van der Waals surface area contributed by atoms with Gasteiger partial charge in [0.15, 0.2) is 6.04 Å². The number of hydrogen-bond donors (Lipinski definition) is 1. The molecule has 0 aliphatic rings. The molecule has 0 bridgehead atoms. The van der Waals surface area contributed by atoms with Crippen molar-refractivity contribution < 1.29 is 19.1 Å². The van der Waals surface area contributed by atoms with Crippen LogP contribution in [0.2, 0.25) is 0 Å². The minimum Gasteiger partial charge on any atom is -0.458 e. The van der Waals surface area contributed by atoms with Crippen LogP contribution in [0.25, 0.3) is 0 Å². The first-order valence-electron chi connectivity index (χ1n) is 7.11. The number of aromatic nitrogens is 1. The number of ether oxygens (including phenoxy) is 2. The van der Waals surface area contributed by atoms with Gasteiger partial charge in [-0.15, -0.1) is 0 Å². The van der Waals surface area contributed by atoms with Crippen LogP contribution < -0.4 is 5.32 Å². The number of alkyl carbamates (subject to hydrolysis) is 1. The highest BCUT2D eigenvalue weighted by Crippen LogP contribution is 2.18. The fourth-order valence-electron chi connectivity index (χ4n) is 1.59. The van der Waals surface area contributed by atoms with Crippen molar-refractivity contribution in [2.24, 2.45) is 0 Å². The molecule has 0 aliphatic heterocycles. The molecule has 1 N–H and O–H groups in total. The molecule has 22 heavy (non-hydrogen) atoms. The maximum Gasteiger partial charge on any atom is 0.408 e. The van der Waals surface area contributed by atoms with Gasteiger partial charge < -0.3 is 14.8 Å². The molecule has 0 saturated carbocycles. The predicted molar refractivity (Wildman–Crippen MR) is 82.2 cm³/mol. The maximum atomic E-state index is 12.3. The summed E-state index contributed by atoms with van der Waals surface area (Å²) in [5.74, 6) is -0.586. The fourth-order valence-corrected chi connectivity index (χ4v) is 1.59. The molecular formula is C16H24N2O4. The van der Waals surface area contributed by atoms with E-state index in [0.29, 0.717) is 5.69 Å². The van der Waals surface area contributed by atoms with Crippen LogP contribution >= 0.6 is 0 Å². The van der Waals surface area contributed by atoms with E-state index >= 15 is 0 Å². The summed E-state index contributed by atoms with van der Waals surface area (Å²) in [6, 6.07) is 4.08. The molecule has 0 saturated heterocycles. The summed E-state index contributed by atoms with van der Waals surface area (Å²) in [5.41, 5.74) is -0.936. The van der Waals surface area contributed by atoms with Crippen LogP contribution in [0.5, 0.6) is 0 Å². The van der Waals surface area contributed by atoms with Crippen molar-refractivity contribution in [3.05, 3.63) is 30.1 Å². The number of carbonyl (C=O) groups excluding carboxylic acids is 2. The van der Waals surface area contributed by atoms with Gasteiger partial charge in [0.2, 0.25) is 0 Å². The molecule has 1 unspecified atom stereocenters. The van der Waals surface area contributed by atoms with E-state index in [1.165, 1.54) is 0 Å². The van der Waals surface area contributed by atoms with Crippen molar-refractivity contribution in [1.29, 1.82) is 0 Å². The molecule has 6 nitrogen and oxygen atoms in total. The van der Waals surface area contributed by atoms with Crippen molar-refractivity contribution in [3.8, 4) is 0 Å². The number of hydrogen-bond acceptors (Lipinski definition) is 5. The molecule has 0 spiro atoms. The molecule has 0 radical (unpaired) electrons. The van der Waals surface area contributed by atoms with Crippen molar-refractivity contribution in [1.82, 2.24) is 10.3 Å². The van der Waals surface area contributed by atoms with Crippen LogP contribution in [0.15, 0.2) is 24.4 Å². The average Bonchev–Trinajstić information content (AvgIpc) is 2.32. The van der Waals surface area contributed by atoms with Gasteiger partial charge in [0.1, 0.15) is 11.2 Å². The zero-order valence-corrected chi connectivity index (χ0v) is 14.0. The molecule has 1 rings (SSSR count). The summed E-state index contributed by atoms with van der Waals surface area (Å²) in [6.07, 6.45) is 0.845. The Morgan fingerprint density at radius 1 is 1.05 bits per heavy atom. The van der Waals surface area contributed by atoms with Gasteiger partial charge in [0.25, 0.3) is 0 Å². The molecular weight excluding hydrogens is 284 g/mol. The number of nitrogens with zero attached hydrogens (tertiary/aromatic N) is 1. The highest BCUT2D eigenvalue weighted by atomic mass is 16.6. The van der Waals surface area contributed by atoms with E-state index in [0.717, 1.165) is 0 Å². The summed E-state index contributed by atoms with van der Waals surface area (Å²) >= 11 is 0. The van der Waals surface area contributed by atoms with Crippen molar-refractivity contribution in [2.45, 2.75) is 58.8 Å². The van der Waals surface area contributed by atoms with Crippen LogP contribution in [0, 0.1) is 0 Å². The lowest BCUT2D eigenvalue weighted by Gasteiger charge is -2.26. The van der Waals surface area contributed by atoms with Gasteiger partial charge in [-0.25, -0.2) is 9.59 Å². The number of rotatable bonds is 3. The maximum absolute atomic E-state index is 12.3. The second-order valence-electron chi connectivity index (χ2n) is 6.87. The Kier molecular flexibility index (Phi) is 5.52. The van der Waals surface area contributed by atoms with Gasteiger partial charge in [-0.2, -0.15) is 0 Å². The highest BCUT2D eigenvalue weighted by molar-refractivity contribution is 5.82. The van der Waals surface area contributed by atoms with E-state index in [4.69, 9.17) is 9.47 Å². The first-order valence-corrected chi connectivity index (χ1v) is 7.11. The number of nitrogens with one attached hydrogen (secondary N) is 1. The first kappa shape index (κ1) is 17.9. The Morgan fingerprint density at radius 2 is 1.64 bits per heavy atom. The topological polar surface area (TPSA) is 77.5 Å². The van der Waals surface area contributed by atoms with Crippen molar-refractivity contribution in [3.63, 3.8) is 0 Å². The van der Waals surface area contributed by atoms with Crippen molar-refractivity contribution in [2.75, 3.05) is 0 Å². The zero-order chi connectivity index (χ0) is 17.0. The Labute approximate surface area is 131 Å². The Balaban J connectivity index is 2.93. The van der Waals surface area contributed by atoms with Crippen LogP contribution in [0.3, 0.4) is 0 Å². The largest absolute Gasteiger partial charge is 0.458 e. The normalized spacial score (nSPS) is 13.2. The van der Waals surface area contributed by atoms with Crippen LogP contribution in [0.4, 0.5) is 4.79 Å². The average molecular weight is 308 g/mol. The standard InChI is InChI=1S/C16H24N2O4/c1-15(2,3)21-13(19)12(11-9-7-8-10-17-11)18-14(20)22-16(4,5)6/h7-10,12H,1-6H3,(H,18,20). The molecule has 1 aromatic heterocycles. The van der Waals surface area contributed by atoms with E-state index in [1.54, 1.807) is 65.9 Å². The second-order valence-corrected chi connectivity index (χ2v) is 6.87. The molecule has 1 amide bonds. The van der Waals surface area contributed by atoms with Gasteiger partial charge in [0.05, 0.1) is 5.69 Å². The number of carbonyl (C=O) groups is 2. The summed E-state index contributed by atoms with van der Waals surface area (Å²) in [6.45, 7) is 10.5. The van der Waals surface area contributed by atoms with Gasteiger partial charge in [-0.3, -0.25) is 4.98 Å². The summed E-state index contributed by atoms with van der Waals surface area (Å²) < 4.78 is 10.5. The number of pyridine rings is 1. The lowest BCUT2D eigenvalue weighted by Crippen LogP contribution is -2.41. The molecule has 0 aromatic carbocycles. The zero-order valence-electron chi connectivity index (χ0n) is 14.0. The van der Waals surface area contributed by atoms with Gasteiger partial charge in [-0.1, -0.05) is 6.07 Å². The molecule has 6 heteroatoms.